The number of benzene rings is 1. The van der Waals surface area contributed by atoms with Gasteiger partial charge in [0.15, 0.2) is 0 Å². The Labute approximate surface area is 97.5 Å². The van der Waals surface area contributed by atoms with E-state index in [0.717, 1.165) is 5.52 Å². The summed E-state index contributed by atoms with van der Waals surface area (Å²) in [6, 6.07) is 4.33. The third-order valence-corrected chi connectivity index (χ3v) is 2.64. The van der Waals surface area contributed by atoms with Gasteiger partial charge in [0.05, 0.1) is 6.61 Å². The molecule has 17 heavy (non-hydrogen) atoms. The molecule has 1 aromatic heterocycles. The highest BCUT2D eigenvalue weighted by Crippen LogP contribution is 2.22. The van der Waals surface area contributed by atoms with E-state index >= 15 is 0 Å². The van der Waals surface area contributed by atoms with E-state index in [2.05, 4.69) is 10.3 Å². The van der Waals surface area contributed by atoms with E-state index in [9.17, 15) is 9.18 Å². The molecule has 1 heterocycles. The molecule has 0 aliphatic carbocycles. The molecule has 0 aliphatic heterocycles. The number of aromatic nitrogens is 1. The van der Waals surface area contributed by atoms with Crippen LogP contribution < -0.4 is 5.32 Å². The highest BCUT2D eigenvalue weighted by Gasteiger charge is 2.14. The summed E-state index contributed by atoms with van der Waals surface area (Å²) in [6.45, 7) is 1.84. The van der Waals surface area contributed by atoms with Gasteiger partial charge in [0.1, 0.15) is 11.5 Å². The van der Waals surface area contributed by atoms with Crippen molar-refractivity contribution in [3.05, 3.63) is 35.3 Å². The molecular formula is C12H13FN2O2. The molecule has 2 aromatic rings. The number of amides is 1. The van der Waals surface area contributed by atoms with Gasteiger partial charge in [-0.05, 0) is 30.7 Å². The van der Waals surface area contributed by atoms with Crippen LogP contribution in [0.3, 0.4) is 0 Å². The Bertz CT molecular complexity index is 563. The predicted molar refractivity (Wildman–Crippen MR) is 62.4 cm³/mol. The number of nitrogens with one attached hydrogen (secondary N) is 2. The van der Waals surface area contributed by atoms with E-state index in [4.69, 9.17) is 5.11 Å². The minimum atomic E-state index is -0.332. The zero-order chi connectivity index (χ0) is 12.4. The van der Waals surface area contributed by atoms with Crippen molar-refractivity contribution in [3.63, 3.8) is 0 Å². The van der Waals surface area contributed by atoms with Crippen molar-refractivity contribution < 1.29 is 14.3 Å². The summed E-state index contributed by atoms with van der Waals surface area (Å²) >= 11 is 0. The van der Waals surface area contributed by atoms with E-state index in [-0.39, 0.29) is 24.9 Å². The van der Waals surface area contributed by atoms with Crippen LogP contribution in [-0.2, 0) is 0 Å². The number of aryl methyl sites for hydroxylation is 1. The molecule has 0 saturated carbocycles. The summed E-state index contributed by atoms with van der Waals surface area (Å²) in [6.07, 6.45) is 0. The lowest BCUT2D eigenvalue weighted by Crippen LogP contribution is -2.27. The third kappa shape index (κ3) is 2.14. The molecule has 1 aromatic carbocycles. The quantitative estimate of drug-likeness (QED) is 0.753. The maximum absolute atomic E-state index is 13.1. The van der Waals surface area contributed by atoms with Crippen LogP contribution in [-0.4, -0.2) is 29.1 Å². The molecule has 4 nitrogen and oxygen atoms in total. The van der Waals surface area contributed by atoms with Crippen molar-refractivity contribution in [2.24, 2.45) is 0 Å². The van der Waals surface area contributed by atoms with Crippen LogP contribution >= 0.6 is 0 Å². The fourth-order valence-electron chi connectivity index (χ4n) is 1.78. The lowest BCUT2D eigenvalue weighted by atomic mass is 10.1. The summed E-state index contributed by atoms with van der Waals surface area (Å²) in [5.41, 5.74) is 1.83. The summed E-state index contributed by atoms with van der Waals surface area (Å²) in [7, 11) is 0. The SMILES string of the molecule is Cc1c(C(=O)NCCO)[nH]c2ccc(F)cc12. The second kappa shape index (κ2) is 4.55. The fourth-order valence-corrected chi connectivity index (χ4v) is 1.78. The lowest BCUT2D eigenvalue weighted by molar-refractivity contribution is 0.0940. The maximum Gasteiger partial charge on any atom is 0.268 e. The standard InChI is InChI=1S/C12H13FN2O2/c1-7-9-6-8(13)2-3-10(9)15-11(7)12(17)14-4-5-16/h2-3,6,15-16H,4-5H2,1H3,(H,14,17). The summed E-state index contributed by atoms with van der Waals surface area (Å²) in [5.74, 6) is -0.630. The molecule has 0 fully saturated rings. The average molecular weight is 236 g/mol. The summed E-state index contributed by atoms with van der Waals surface area (Å²) in [4.78, 5) is 14.7. The number of rotatable bonds is 3. The highest BCUT2D eigenvalue weighted by molar-refractivity contribution is 6.00. The van der Waals surface area contributed by atoms with Crippen LogP contribution in [0.15, 0.2) is 18.2 Å². The van der Waals surface area contributed by atoms with Gasteiger partial charge in [-0.1, -0.05) is 0 Å². The number of halogens is 1. The summed E-state index contributed by atoms with van der Waals surface area (Å²) < 4.78 is 13.1. The van der Waals surface area contributed by atoms with Crippen LogP contribution in [0.1, 0.15) is 16.1 Å². The van der Waals surface area contributed by atoms with Gasteiger partial charge in [0, 0.05) is 17.4 Å². The molecular weight excluding hydrogens is 223 g/mol. The van der Waals surface area contributed by atoms with E-state index in [1.165, 1.54) is 12.1 Å². The molecule has 0 saturated heterocycles. The third-order valence-electron chi connectivity index (χ3n) is 2.64. The minimum Gasteiger partial charge on any atom is -0.395 e. The van der Waals surface area contributed by atoms with Gasteiger partial charge < -0.3 is 15.4 Å². The second-order valence-corrected chi connectivity index (χ2v) is 3.79. The Morgan fingerprint density at radius 2 is 2.29 bits per heavy atom. The molecule has 90 valence electrons. The molecule has 1 amide bonds. The average Bonchev–Trinajstić information content (AvgIpc) is 2.64. The Morgan fingerprint density at radius 3 is 3.00 bits per heavy atom. The van der Waals surface area contributed by atoms with E-state index in [0.29, 0.717) is 16.6 Å². The van der Waals surface area contributed by atoms with Crippen molar-refractivity contribution in [3.8, 4) is 0 Å². The van der Waals surface area contributed by atoms with Crippen LogP contribution in [0.2, 0.25) is 0 Å². The van der Waals surface area contributed by atoms with Gasteiger partial charge in [0.2, 0.25) is 0 Å². The maximum atomic E-state index is 13.1. The second-order valence-electron chi connectivity index (χ2n) is 3.79. The fraction of sp³-hybridized carbons (Fsp3) is 0.250. The van der Waals surface area contributed by atoms with Gasteiger partial charge in [-0.3, -0.25) is 4.79 Å². The van der Waals surface area contributed by atoms with Crippen molar-refractivity contribution in [2.75, 3.05) is 13.2 Å². The normalized spacial score (nSPS) is 10.8. The van der Waals surface area contributed by atoms with Crippen LogP contribution in [0.4, 0.5) is 4.39 Å². The number of aliphatic hydroxyl groups excluding tert-OH is 1. The van der Waals surface area contributed by atoms with Crippen LogP contribution in [0, 0.1) is 12.7 Å². The van der Waals surface area contributed by atoms with E-state index in [1.54, 1.807) is 13.0 Å². The molecule has 0 atom stereocenters. The lowest BCUT2D eigenvalue weighted by Gasteiger charge is -2.01. The highest BCUT2D eigenvalue weighted by atomic mass is 19.1. The first-order chi connectivity index (χ1) is 8.13. The number of carbonyl (C=O) groups is 1. The van der Waals surface area contributed by atoms with Crippen LogP contribution in [0.25, 0.3) is 10.9 Å². The van der Waals surface area contributed by atoms with Crippen molar-refractivity contribution in [1.29, 1.82) is 0 Å². The first-order valence-corrected chi connectivity index (χ1v) is 5.30. The van der Waals surface area contributed by atoms with Crippen molar-refractivity contribution in [2.45, 2.75) is 6.92 Å². The van der Waals surface area contributed by atoms with Crippen molar-refractivity contribution >= 4 is 16.8 Å². The van der Waals surface area contributed by atoms with Gasteiger partial charge >= 0.3 is 0 Å². The number of hydrogen-bond donors (Lipinski definition) is 3. The topological polar surface area (TPSA) is 65.1 Å². The molecule has 0 spiro atoms. The van der Waals surface area contributed by atoms with Crippen molar-refractivity contribution in [1.82, 2.24) is 10.3 Å². The van der Waals surface area contributed by atoms with Gasteiger partial charge in [-0.25, -0.2) is 4.39 Å². The molecule has 0 aliphatic rings. The van der Waals surface area contributed by atoms with Gasteiger partial charge in [0.25, 0.3) is 5.91 Å². The molecule has 0 bridgehead atoms. The van der Waals surface area contributed by atoms with Crippen LogP contribution in [0.5, 0.6) is 0 Å². The first kappa shape index (κ1) is 11.6. The monoisotopic (exact) mass is 236 g/mol. The Balaban J connectivity index is 2.42. The number of aliphatic hydroxyl groups is 1. The van der Waals surface area contributed by atoms with E-state index < -0.39 is 0 Å². The number of hydrogen-bond acceptors (Lipinski definition) is 2. The molecule has 3 N–H and O–H groups in total. The number of aromatic amines is 1. The Kier molecular flexibility index (Phi) is 3.10. The van der Waals surface area contributed by atoms with Gasteiger partial charge in [-0.15, -0.1) is 0 Å². The largest absolute Gasteiger partial charge is 0.395 e. The smallest absolute Gasteiger partial charge is 0.268 e. The Morgan fingerprint density at radius 1 is 1.53 bits per heavy atom. The number of fused-ring (bicyclic) bond motifs is 1. The molecule has 0 radical (unpaired) electrons. The number of carbonyl (C=O) groups excluding carboxylic acids is 1. The predicted octanol–water partition coefficient (Wildman–Crippen LogP) is 1.34. The molecule has 0 unspecified atom stereocenters. The Hall–Kier alpha value is -1.88. The zero-order valence-electron chi connectivity index (χ0n) is 9.38. The first-order valence-electron chi connectivity index (χ1n) is 5.30. The molecule has 5 heteroatoms. The molecule has 2 rings (SSSR count). The summed E-state index contributed by atoms with van der Waals surface area (Å²) in [5, 5.41) is 11.9. The van der Waals surface area contributed by atoms with E-state index in [1.807, 2.05) is 0 Å². The minimum absolute atomic E-state index is 0.111. The number of H-pyrrole nitrogens is 1. The van der Waals surface area contributed by atoms with Gasteiger partial charge in [-0.2, -0.15) is 0 Å². The zero-order valence-corrected chi connectivity index (χ0v) is 9.38.